The highest BCUT2D eigenvalue weighted by Gasteiger charge is 2.25. The number of nitrogens with zero attached hydrogens (tertiary/aromatic N) is 1. The van der Waals surface area contributed by atoms with Gasteiger partial charge in [0.15, 0.2) is 0 Å². The summed E-state index contributed by atoms with van der Waals surface area (Å²) in [6.07, 6.45) is 1.69. The van der Waals surface area contributed by atoms with Crippen LogP contribution in [-0.2, 0) is 11.3 Å². The number of para-hydroxylation sites is 1. The van der Waals surface area contributed by atoms with Gasteiger partial charge in [-0.1, -0.05) is 40.2 Å². The molecule has 0 radical (unpaired) electrons. The predicted molar refractivity (Wildman–Crippen MR) is 97.2 cm³/mol. The zero-order chi connectivity index (χ0) is 16.9. The summed E-state index contributed by atoms with van der Waals surface area (Å²) >= 11 is 3.42. The van der Waals surface area contributed by atoms with Gasteiger partial charge in [0.25, 0.3) is 0 Å². The first kappa shape index (κ1) is 17.1. The average Bonchev–Trinajstić information content (AvgIpc) is 2.59. The summed E-state index contributed by atoms with van der Waals surface area (Å²) in [7, 11) is 0. The predicted octanol–water partition coefficient (Wildman–Crippen LogP) is 4.44. The smallest absolute Gasteiger partial charge is 0.227 e. The topological polar surface area (TPSA) is 32.3 Å². The van der Waals surface area contributed by atoms with Crippen molar-refractivity contribution in [2.24, 2.45) is 5.92 Å². The summed E-state index contributed by atoms with van der Waals surface area (Å²) in [4.78, 5) is 14.7. The minimum atomic E-state index is -0.234. The van der Waals surface area contributed by atoms with E-state index in [0.29, 0.717) is 0 Å². The molecule has 1 amide bonds. The van der Waals surface area contributed by atoms with Gasteiger partial charge in [-0.3, -0.25) is 9.69 Å². The molecule has 24 heavy (non-hydrogen) atoms. The first-order valence-electron chi connectivity index (χ1n) is 8.14. The molecule has 5 heteroatoms. The standard InChI is InChI=1S/C19H20BrFN2O/c20-18-12-16(21)7-6-15(18)13-23-10-8-14(9-11-23)19(24)22-17-4-2-1-3-5-17/h1-7,12,14H,8-11,13H2,(H,22,24). The Kier molecular flexibility index (Phi) is 5.63. The SMILES string of the molecule is O=C(Nc1ccccc1)C1CCN(Cc2ccc(F)cc2Br)CC1. The molecule has 0 saturated carbocycles. The van der Waals surface area contributed by atoms with E-state index in [0.717, 1.165) is 48.2 Å². The molecule has 3 nitrogen and oxygen atoms in total. The largest absolute Gasteiger partial charge is 0.326 e. The maximum atomic E-state index is 13.2. The third-order valence-corrected chi connectivity index (χ3v) is 5.15. The Bertz CT molecular complexity index is 700. The molecule has 2 aromatic carbocycles. The maximum Gasteiger partial charge on any atom is 0.227 e. The first-order chi connectivity index (χ1) is 11.6. The number of rotatable bonds is 4. The zero-order valence-electron chi connectivity index (χ0n) is 13.3. The molecule has 2 aromatic rings. The van der Waals surface area contributed by atoms with Gasteiger partial charge in [-0.2, -0.15) is 0 Å². The Morgan fingerprint density at radius 1 is 1.17 bits per heavy atom. The lowest BCUT2D eigenvalue weighted by atomic mass is 9.95. The van der Waals surface area contributed by atoms with Gasteiger partial charge in [0.1, 0.15) is 5.82 Å². The van der Waals surface area contributed by atoms with E-state index in [1.54, 1.807) is 0 Å². The molecule has 0 aliphatic carbocycles. The number of hydrogen-bond donors (Lipinski definition) is 1. The van der Waals surface area contributed by atoms with Crippen LogP contribution < -0.4 is 5.32 Å². The molecule has 0 spiro atoms. The van der Waals surface area contributed by atoms with Crippen molar-refractivity contribution in [3.8, 4) is 0 Å². The van der Waals surface area contributed by atoms with Crippen molar-refractivity contribution in [1.82, 2.24) is 4.90 Å². The van der Waals surface area contributed by atoms with Crippen LogP contribution in [0.1, 0.15) is 18.4 Å². The van der Waals surface area contributed by atoms with Crippen LogP contribution in [0.15, 0.2) is 53.0 Å². The fraction of sp³-hybridized carbons (Fsp3) is 0.316. The Labute approximate surface area is 150 Å². The number of benzene rings is 2. The quantitative estimate of drug-likeness (QED) is 0.836. The number of carbonyl (C=O) groups excluding carboxylic acids is 1. The minimum absolute atomic E-state index is 0.0538. The molecule has 126 valence electrons. The van der Waals surface area contributed by atoms with Gasteiger partial charge in [-0.25, -0.2) is 4.39 Å². The van der Waals surface area contributed by atoms with Crippen molar-refractivity contribution in [1.29, 1.82) is 0 Å². The molecule has 0 bridgehead atoms. The second-order valence-corrected chi connectivity index (χ2v) is 7.00. The summed E-state index contributed by atoms with van der Waals surface area (Å²) in [5.41, 5.74) is 1.92. The fourth-order valence-corrected chi connectivity index (χ4v) is 3.49. The Balaban J connectivity index is 1.51. The third-order valence-electron chi connectivity index (χ3n) is 4.41. The van der Waals surface area contributed by atoms with Crippen LogP contribution in [0.3, 0.4) is 0 Å². The van der Waals surface area contributed by atoms with E-state index in [2.05, 4.69) is 26.1 Å². The lowest BCUT2D eigenvalue weighted by Gasteiger charge is -2.31. The molecule has 3 rings (SSSR count). The van der Waals surface area contributed by atoms with Gasteiger partial charge in [-0.05, 0) is 55.8 Å². The van der Waals surface area contributed by atoms with Crippen LogP contribution in [0, 0.1) is 11.7 Å². The van der Waals surface area contributed by atoms with Crippen LogP contribution in [0.4, 0.5) is 10.1 Å². The van der Waals surface area contributed by atoms with Crippen molar-refractivity contribution < 1.29 is 9.18 Å². The van der Waals surface area contributed by atoms with Crippen LogP contribution in [0.2, 0.25) is 0 Å². The Morgan fingerprint density at radius 3 is 2.54 bits per heavy atom. The molecular weight excluding hydrogens is 371 g/mol. The zero-order valence-corrected chi connectivity index (χ0v) is 14.9. The average molecular weight is 391 g/mol. The molecule has 1 heterocycles. The lowest BCUT2D eigenvalue weighted by Crippen LogP contribution is -2.37. The Morgan fingerprint density at radius 2 is 1.88 bits per heavy atom. The number of carbonyl (C=O) groups is 1. The molecule has 1 saturated heterocycles. The first-order valence-corrected chi connectivity index (χ1v) is 8.93. The molecule has 1 N–H and O–H groups in total. The number of halogens is 2. The fourth-order valence-electron chi connectivity index (χ4n) is 3.01. The van der Waals surface area contributed by atoms with Gasteiger partial charge >= 0.3 is 0 Å². The van der Waals surface area contributed by atoms with Gasteiger partial charge in [0.05, 0.1) is 0 Å². The molecule has 0 aromatic heterocycles. The van der Waals surface area contributed by atoms with Crippen molar-refractivity contribution in [3.05, 3.63) is 64.4 Å². The summed E-state index contributed by atoms with van der Waals surface area (Å²) in [6, 6.07) is 14.4. The second-order valence-electron chi connectivity index (χ2n) is 6.14. The van der Waals surface area contributed by atoms with E-state index < -0.39 is 0 Å². The molecule has 1 aliphatic rings. The summed E-state index contributed by atoms with van der Waals surface area (Å²) in [5, 5.41) is 2.98. The molecule has 1 aliphatic heterocycles. The van der Waals surface area contributed by atoms with Crippen LogP contribution in [0.25, 0.3) is 0 Å². The highest BCUT2D eigenvalue weighted by atomic mass is 79.9. The summed E-state index contributed by atoms with van der Waals surface area (Å²) < 4.78 is 14.0. The second kappa shape index (κ2) is 7.90. The van der Waals surface area contributed by atoms with Crippen molar-refractivity contribution >= 4 is 27.5 Å². The lowest BCUT2D eigenvalue weighted by molar-refractivity contribution is -0.121. The third kappa shape index (κ3) is 4.42. The van der Waals surface area contributed by atoms with Gasteiger partial charge < -0.3 is 5.32 Å². The van der Waals surface area contributed by atoms with Crippen molar-refractivity contribution in [2.45, 2.75) is 19.4 Å². The normalized spacial score (nSPS) is 16.1. The van der Waals surface area contributed by atoms with E-state index in [1.807, 2.05) is 36.4 Å². The van der Waals surface area contributed by atoms with Crippen LogP contribution in [0.5, 0.6) is 0 Å². The van der Waals surface area contributed by atoms with Crippen LogP contribution in [-0.4, -0.2) is 23.9 Å². The summed E-state index contributed by atoms with van der Waals surface area (Å²) in [6.45, 7) is 2.52. The van der Waals surface area contributed by atoms with Crippen molar-refractivity contribution in [2.75, 3.05) is 18.4 Å². The number of hydrogen-bond acceptors (Lipinski definition) is 2. The number of likely N-dealkylation sites (tertiary alicyclic amines) is 1. The maximum absolute atomic E-state index is 13.2. The number of anilines is 1. The molecule has 1 fully saturated rings. The Hall–Kier alpha value is -1.72. The minimum Gasteiger partial charge on any atom is -0.326 e. The number of nitrogens with one attached hydrogen (secondary N) is 1. The number of piperidine rings is 1. The van der Waals surface area contributed by atoms with E-state index in [9.17, 15) is 9.18 Å². The van der Waals surface area contributed by atoms with E-state index >= 15 is 0 Å². The molecule has 0 unspecified atom stereocenters. The molecule has 0 atom stereocenters. The van der Waals surface area contributed by atoms with E-state index in [1.165, 1.54) is 12.1 Å². The van der Waals surface area contributed by atoms with Gasteiger partial charge in [-0.15, -0.1) is 0 Å². The van der Waals surface area contributed by atoms with Gasteiger partial charge in [0, 0.05) is 22.6 Å². The van der Waals surface area contributed by atoms with Gasteiger partial charge in [0.2, 0.25) is 5.91 Å². The van der Waals surface area contributed by atoms with Crippen molar-refractivity contribution in [3.63, 3.8) is 0 Å². The van der Waals surface area contributed by atoms with E-state index in [4.69, 9.17) is 0 Å². The molecular formula is C19H20BrFN2O. The monoisotopic (exact) mass is 390 g/mol. The highest BCUT2D eigenvalue weighted by Crippen LogP contribution is 2.24. The number of amides is 1. The summed E-state index contributed by atoms with van der Waals surface area (Å²) in [5.74, 6) is -0.0798. The van der Waals surface area contributed by atoms with E-state index in [-0.39, 0.29) is 17.6 Å². The highest BCUT2D eigenvalue weighted by molar-refractivity contribution is 9.10. The van der Waals surface area contributed by atoms with Crippen LogP contribution >= 0.6 is 15.9 Å².